The average molecular weight is 276 g/mol. The molecule has 0 fully saturated rings. The van der Waals surface area contributed by atoms with Crippen LogP contribution in [0.15, 0.2) is 18.2 Å². The molecule has 1 rings (SSSR count). The summed E-state index contributed by atoms with van der Waals surface area (Å²) in [6.07, 6.45) is 0. The van der Waals surface area contributed by atoms with Crippen LogP contribution in [0, 0.1) is 5.82 Å². The predicted molar refractivity (Wildman–Crippen MR) is 62.0 cm³/mol. The molecule has 0 radical (unpaired) electrons. The molecule has 0 spiro atoms. The number of halogens is 2. The molecule has 0 aliphatic rings. The number of rotatable bonds is 4. The molecule has 1 unspecified atom stereocenters. The van der Waals surface area contributed by atoms with Crippen LogP contribution in [0.1, 0.15) is 17.3 Å². The molecule has 0 heterocycles. The molecule has 0 aromatic heterocycles. The lowest BCUT2D eigenvalue weighted by Gasteiger charge is -2.18. The van der Waals surface area contributed by atoms with Gasteiger partial charge in [-0.05, 0) is 19.1 Å². The minimum atomic E-state index is -2.13. The molecule has 0 aliphatic carbocycles. The molecule has 0 bridgehead atoms. The van der Waals surface area contributed by atoms with E-state index in [1.807, 2.05) is 0 Å². The molecule has 18 heavy (non-hydrogen) atoms. The van der Waals surface area contributed by atoms with Gasteiger partial charge in [0.1, 0.15) is 5.82 Å². The Morgan fingerprint density at radius 2 is 2.11 bits per heavy atom. The third-order valence-corrected chi connectivity index (χ3v) is 2.56. The number of carbonyl (C=O) groups is 2. The number of carbonyl (C=O) groups excluding carboxylic acids is 1. The summed E-state index contributed by atoms with van der Waals surface area (Å²) in [6, 6.07) is 3.72. The van der Waals surface area contributed by atoms with Gasteiger partial charge >= 0.3 is 5.97 Å². The lowest BCUT2D eigenvalue weighted by Crippen LogP contribution is -2.46. The zero-order valence-corrected chi connectivity index (χ0v) is 10.2. The monoisotopic (exact) mass is 275 g/mol. The first-order valence-corrected chi connectivity index (χ1v) is 5.31. The van der Waals surface area contributed by atoms with Crippen molar-refractivity contribution in [2.45, 2.75) is 12.5 Å². The summed E-state index contributed by atoms with van der Waals surface area (Å²) in [5.74, 6) is -3.21. The maximum absolute atomic E-state index is 13.4. The third kappa shape index (κ3) is 3.18. The molecule has 7 heteroatoms. The summed E-state index contributed by atoms with van der Waals surface area (Å²) in [4.78, 5) is 22.2. The number of carboxylic acids is 1. The van der Waals surface area contributed by atoms with Gasteiger partial charge in [-0.3, -0.25) is 4.79 Å². The van der Waals surface area contributed by atoms with Crippen LogP contribution in [0.25, 0.3) is 0 Å². The van der Waals surface area contributed by atoms with Gasteiger partial charge < -0.3 is 15.5 Å². The predicted octanol–water partition coefficient (Wildman–Crippen LogP) is 1.04. The molecule has 1 aromatic rings. The third-order valence-electron chi connectivity index (χ3n) is 2.24. The van der Waals surface area contributed by atoms with Gasteiger partial charge in [0, 0.05) is 0 Å². The van der Waals surface area contributed by atoms with Gasteiger partial charge in [0.2, 0.25) is 0 Å². The first kappa shape index (κ1) is 14.4. The van der Waals surface area contributed by atoms with Crippen LogP contribution in [0.2, 0.25) is 5.02 Å². The van der Waals surface area contributed by atoms with E-state index in [2.05, 4.69) is 5.32 Å². The molecule has 98 valence electrons. The van der Waals surface area contributed by atoms with Gasteiger partial charge in [0.15, 0.2) is 5.60 Å². The highest BCUT2D eigenvalue weighted by atomic mass is 35.5. The van der Waals surface area contributed by atoms with Crippen LogP contribution in [-0.2, 0) is 4.79 Å². The highest BCUT2D eigenvalue weighted by molar-refractivity contribution is 6.33. The van der Waals surface area contributed by atoms with Crippen LogP contribution in [0.3, 0.4) is 0 Å². The maximum Gasteiger partial charge on any atom is 0.337 e. The van der Waals surface area contributed by atoms with Crippen molar-refractivity contribution >= 4 is 23.5 Å². The van der Waals surface area contributed by atoms with Crippen molar-refractivity contribution in [1.29, 1.82) is 0 Å². The van der Waals surface area contributed by atoms with Gasteiger partial charge in [-0.2, -0.15) is 0 Å². The van der Waals surface area contributed by atoms with Gasteiger partial charge in [0.05, 0.1) is 17.1 Å². The van der Waals surface area contributed by atoms with Gasteiger partial charge in [-0.15, -0.1) is 0 Å². The van der Waals surface area contributed by atoms with Crippen molar-refractivity contribution < 1.29 is 24.2 Å². The summed E-state index contributed by atoms with van der Waals surface area (Å²) in [6.45, 7) is 0.449. The first-order valence-electron chi connectivity index (χ1n) is 4.93. The number of aliphatic hydroxyl groups is 1. The van der Waals surface area contributed by atoms with Crippen LogP contribution >= 0.6 is 11.6 Å². The van der Waals surface area contributed by atoms with Crippen molar-refractivity contribution in [1.82, 2.24) is 5.32 Å². The molecule has 1 aromatic carbocycles. The summed E-state index contributed by atoms with van der Waals surface area (Å²) >= 11 is 5.66. The van der Waals surface area contributed by atoms with Crippen LogP contribution in [0.4, 0.5) is 4.39 Å². The SMILES string of the molecule is CC(O)(CNC(=O)c1c(F)cccc1Cl)C(=O)O. The fourth-order valence-corrected chi connectivity index (χ4v) is 1.38. The van der Waals surface area contributed by atoms with Crippen LogP contribution in [0.5, 0.6) is 0 Å². The Hall–Kier alpha value is -1.66. The van der Waals surface area contributed by atoms with Crippen molar-refractivity contribution in [2.24, 2.45) is 0 Å². The van der Waals surface area contributed by atoms with E-state index in [1.165, 1.54) is 12.1 Å². The average Bonchev–Trinajstić information content (AvgIpc) is 2.26. The van der Waals surface area contributed by atoms with Crippen molar-refractivity contribution in [3.63, 3.8) is 0 Å². The Morgan fingerprint density at radius 1 is 1.50 bits per heavy atom. The zero-order valence-electron chi connectivity index (χ0n) is 9.41. The molecular weight excluding hydrogens is 265 g/mol. The van der Waals surface area contributed by atoms with Gasteiger partial charge in [0.25, 0.3) is 5.91 Å². The number of amides is 1. The summed E-state index contributed by atoms with van der Waals surface area (Å²) in [5, 5.41) is 20.0. The Kier molecular flexibility index (Phi) is 4.26. The highest BCUT2D eigenvalue weighted by Gasteiger charge is 2.31. The number of hydrogen-bond donors (Lipinski definition) is 3. The number of aliphatic carboxylic acids is 1. The van der Waals surface area contributed by atoms with E-state index >= 15 is 0 Å². The van der Waals surface area contributed by atoms with Crippen LogP contribution in [-0.4, -0.2) is 34.2 Å². The van der Waals surface area contributed by atoms with Gasteiger partial charge in [-0.25, -0.2) is 9.18 Å². The Bertz CT molecular complexity index is 470. The van der Waals surface area contributed by atoms with Crippen molar-refractivity contribution in [3.05, 3.63) is 34.6 Å². The van der Waals surface area contributed by atoms with E-state index in [4.69, 9.17) is 16.7 Å². The Balaban J connectivity index is 2.82. The van der Waals surface area contributed by atoms with E-state index < -0.39 is 29.8 Å². The van der Waals surface area contributed by atoms with E-state index in [0.717, 1.165) is 13.0 Å². The second-order valence-corrected chi connectivity index (χ2v) is 4.27. The number of nitrogens with one attached hydrogen (secondary N) is 1. The summed E-state index contributed by atoms with van der Waals surface area (Å²) < 4.78 is 13.4. The fourth-order valence-electron chi connectivity index (χ4n) is 1.13. The minimum absolute atomic E-state index is 0.0949. The van der Waals surface area contributed by atoms with Crippen LogP contribution < -0.4 is 5.32 Å². The Morgan fingerprint density at radius 3 is 2.61 bits per heavy atom. The molecule has 3 N–H and O–H groups in total. The van der Waals surface area contributed by atoms with E-state index in [9.17, 15) is 19.1 Å². The summed E-state index contributed by atoms with van der Waals surface area (Å²) in [5.41, 5.74) is -2.52. The number of hydrogen-bond acceptors (Lipinski definition) is 3. The lowest BCUT2D eigenvalue weighted by molar-refractivity contribution is -0.155. The quantitative estimate of drug-likeness (QED) is 0.766. The molecule has 1 atom stereocenters. The Labute approximate surface area is 107 Å². The van der Waals surface area contributed by atoms with E-state index in [-0.39, 0.29) is 10.6 Å². The van der Waals surface area contributed by atoms with E-state index in [0.29, 0.717) is 0 Å². The summed E-state index contributed by atoms with van der Waals surface area (Å²) in [7, 11) is 0. The number of benzene rings is 1. The highest BCUT2D eigenvalue weighted by Crippen LogP contribution is 2.18. The second kappa shape index (κ2) is 5.32. The molecule has 0 saturated heterocycles. The smallest absolute Gasteiger partial charge is 0.337 e. The first-order chi connectivity index (χ1) is 8.25. The second-order valence-electron chi connectivity index (χ2n) is 3.86. The topological polar surface area (TPSA) is 86.6 Å². The standard InChI is InChI=1S/C11H11ClFNO4/c1-11(18,10(16)17)5-14-9(15)8-6(12)3-2-4-7(8)13/h2-4,18H,5H2,1H3,(H,14,15)(H,16,17). The molecular formula is C11H11ClFNO4. The van der Waals surface area contributed by atoms with Crippen molar-refractivity contribution in [2.75, 3.05) is 6.54 Å². The van der Waals surface area contributed by atoms with Gasteiger partial charge in [-0.1, -0.05) is 17.7 Å². The molecule has 0 saturated carbocycles. The maximum atomic E-state index is 13.4. The largest absolute Gasteiger partial charge is 0.479 e. The lowest BCUT2D eigenvalue weighted by atomic mass is 10.1. The van der Waals surface area contributed by atoms with E-state index in [1.54, 1.807) is 0 Å². The molecule has 0 aliphatic heterocycles. The molecule has 5 nitrogen and oxygen atoms in total. The van der Waals surface area contributed by atoms with Crippen molar-refractivity contribution in [3.8, 4) is 0 Å². The normalized spacial score (nSPS) is 13.8. The minimum Gasteiger partial charge on any atom is -0.479 e. The fraction of sp³-hybridized carbons (Fsp3) is 0.273. The molecule has 1 amide bonds. The number of carboxylic acid groups (broad SMARTS) is 1. The zero-order chi connectivity index (χ0) is 13.9.